The van der Waals surface area contributed by atoms with E-state index in [9.17, 15) is 0 Å². The average Bonchev–Trinajstić information content (AvgIpc) is 2.64. The maximum Gasteiger partial charge on any atom is 0.191 e. The Kier molecular flexibility index (Phi) is 8.69. The third kappa shape index (κ3) is 7.40. The number of rotatable bonds is 8. The number of guanidine groups is 1. The fraction of sp³-hybridized carbons (Fsp3) is 0.684. The van der Waals surface area contributed by atoms with Crippen LogP contribution in [0.1, 0.15) is 32.9 Å². The molecular formula is C19H33N5O. The number of pyridine rings is 1. The van der Waals surface area contributed by atoms with Gasteiger partial charge in [-0.15, -0.1) is 0 Å². The van der Waals surface area contributed by atoms with Crippen LogP contribution in [0, 0.1) is 5.92 Å². The van der Waals surface area contributed by atoms with Gasteiger partial charge in [-0.25, -0.2) is 4.99 Å². The van der Waals surface area contributed by atoms with Gasteiger partial charge in [0, 0.05) is 38.4 Å². The summed E-state index contributed by atoms with van der Waals surface area (Å²) in [5.41, 5.74) is 0.978. The highest BCUT2D eigenvalue weighted by molar-refractivity contribution is 5.79. The van der Waals surface area contributed by atoms with E-state index >= 15 is 0 Å². The van der Waals surface area contributed by atoms with E-state index in [2.05, 4.69) is 46.3 Å². The van der Waals surface area contributed by atoms with Crippen molar-refractivity contribution in [2.75, 3.05) is 39.4 Å². The lowest BCUT2D eigenvalue weighted by Gasteiger charge is -2.35. The standard InChI is InChI=1S/C19H33N5O/c1-4-20-19(22-14-17-7-5-6-8-21-17)23-15-18(13-16(2)3)24-9-11-25-12-10-24/h5-8,16,18H,4,9-15H2,1-3H3,(H2,20,22,23). The molecule has 0 bridgehead atoms. The lowest BCUT2D eigenvalue weighted by atomic mass is 10.0. The number of morpholine rings is 1. The molecule has 1 saturated heterocycles. The molecule has 2 N–H and O–H groups in total. The van der Waals surface area contributed by atoms with Crippen molar-refractivity contribution in [3.8, 4) is 0 Å². The number of nitrogens with one attached hydrogen (secondary N) is 2. The summed E-state index contributed by atoms with van der Waals surface area (Å²) in [4.78, 5) is 11.5. The van der Waals surface area contributed by atoms with Crippen LogP contribution < -0.4 is 10.6 Å². The second kappa shape index (κ2) is 11.1. The third-order valence-corrected chi connectivity index (χ3v) is 4.28. The monoisotopic (exact) mass is 347 g/mol. The van der Waals surface area contributed by atoms with E-state index in [-0.39, 0.29) is 0 Å². The first-order valence-electron chi connectivity index (χ1n) is 9.43. The molecule has 6 heteroatoms. The van der Waals surface area contributed by atoms with E-state index in [4.69, 9.17) is 4.74 Å². The molecule has 1 atom stereocenters. The molecule has 0 aliphatic carbocycles. The van der Waals surface area contributed by atoms with Gasteiger partial charge in [0.2, 0.25) is 0 Å². The van der Waals surface area contributed by atoms with Crippen LogP contribution in [0.15, 0.2) is 29.4 Å². The molecule has 2 rings (SSSR count). The molecule has 1 fully saturated rings. The fourth-order valence-corrected chi connectivity index (χ4v) is 3.06. The summed E-state index contributed by atoms with van der Waals surface area (Å²) in [6.45, 7) is 12.7. The normalized spacial score (nSPS) is 17.5. The minimum Gasteiger partial charge on any atom is -0.379 e. The molecule has 1 unspecified atom stereocenters. The van der Waals surface area contributed by atoms with Crippen molar-refractivity contribution in [3.05, 3.63) is 30.1 Å². The first-order chi connectivity index (χ1) is 12.2. The second-order valence-electron chi connectivity index (χ2n) is 6.83. The zero-order chi connectivity index (χ0) is 17.9. The predicted molar refractivity (Wildman–Crippen MR) is 103 cm³/mol. The van der Waals surface area contributed by atoms with Gasteiger partial charge in [0.25, 0.3) is 0 Å². The Morgan fingerprint density at radius 1 is 1.28 bits per heavy atom. The lowest BCUT2D eigenvalue weighted by Crippen LogP contribution is -2.51. The van der Waals surface area contributed by atoms with E-state index in [1.807, 2.05) is 24.4 Å². The third-order valence-electron chi connectivity index (χ3n) is 4.28. The van der Waals surface area contributed by atoms with Gasteiger partial charge >= 0.3 is 0 Å². The molecule has 0 spiro atoms. The van der Waals surface area contributed by atoms with E-state index < -0.39 is 0 Å². The summed E-state index contributed by atoms with van der Waals surface area (Å²) in [6.07, 6.45) is 2.98. The first kappa shape index (κ1) is 19.7. The van der Waals surface area contributed by atoms with E-state index in [0.717, 1.165) is 51.0 Å². The number of ether oxygens (including phenoxy) is 1. The summed E-state index contributed by atoms with van der Waals surface area (Å²) in [5.74, 6) is 1.53. The molecular weight excluding hydrogens is 314 g/mol. The molecule has 0 aromatic carbocycles. The average molecular weight is 348 g/mol. The predicted octanol–water partition coefficient (Wildman–Crippen LogP) is 1.88. The van der Waals surface area contributed by atoms with Crippen LogP contribution in [0.25, 0.3) is 0 Å². The second-order valence-corrected chi connectivity index (χ2v) is 6.83. The maximum absolute atomic E-state index is 5.50. The Balaban J connectivity index is 1.93. The summed E-state index contributed by atoms with van der Waals surface area (Å²) < 4.78 is 5.50. The fourth-order valence-electron chi connectivity index (χ4n) is 3.06. The first-order valence-corrected chi connectivity index (χ1v) is 9.43. The van der Waals surface area contributed by atoms with Crippen LogP contribution in [-0.2, 0) is 11.3 Å². The summed E-state index contributed by atoms with van der Waals surface area (Å²) >= 11 is 0. The van der Waals surface area contributed by atoms with Gasteiger partial charge in [-0.05, 0) is 31.4 Å². The number of hydrogen-bond donors (Lipinski definition) is 2. The van der Waals surface area contributed by atoms with Gasteiger partial charge in [0.1, 0.15) is 0 Å². The molecule has 0 amide bonds. The summed E-state index contributed by atoms with van der Waals surface area (Å²) in [6, 6.07) is 6.43. The van der Waals surface area contributed by atoms with Gasteiger partial charge in [0.15, 0.2) is 5.96 Å². The Morgan fingerprint density at radius 2 is 2.08 bits per heavy atom. The van der Waals surface area contributed by atoms with Gasteiger partial charge < -0.3 is 15.4 Å². The molecule has 0 saturated carbocycles. The number of aromatic nitrogens is 1. The highest BCUT2D eigenvalue weighted by atomic mass is 16.5. The Bertz CT molecular complexity index is 500. The molecule has 6 nitrogen and oxygen atoms in total. The van der Waals surface area contributed by atoms with E-state index in [0.29, 0.717) is 18.5 Å². The highest BCUT2D eigenvalue weighted by Crippen LogP contribution is 2.13. The van der Waals surface area contributed by atoms with Crippen LogP contribution in [0.3, 0.4) is 0 Å². The van der Waals surface area contributed by atoms with Crippen molar-refractivity contribution in [1.82, 2.24) is 20.5 Å². The number of aliphatic imine (C=N–C) groups is 1. The topological polar surface area (TPSA) is 61.8 Å². The molecule has 1 aliphatic heterocycles. The van der Waals surface area contributed by atoms with Crippen LogP contribution in [-0.4, -0.2) is 61.3 Å². The largest absolute Gasteiger partial charge is 0.379 e. The van der Waals surface area contributed by atoms with E-state index in [1.54, 1.807) is 0 Å². The minimum absolute atomic E-state index is 0.502. The van der Waals surface area contributed by atoms with Crippen LogP contribution >= 0.6 is 0 Å². The molecule has 0 radical (unpaired) electrons. The molecule has 25 heavy (non-hydrogen) atoms. The van der Waals surface area contributed by atoms with E-state index in [1.165, 1.54) is 6.42 Å². The number of nitrogens with zero attached hydrogens (tertiary/aromatic N) is 3. The SMILES string of the molecule is CCNC(=NCc1ccccn1)NCC(CC(C)C)N1CCOCC1. The quantitative estimate of drug-likeness (QED) is 0.555. The van der Waals surface area contributed by atoms with Gasteiger partial charge in [-0.1, -0.05) is 19.9 Å². The Morgan fingerprint density at radius 3 is 2.72 bits per heavy atom. The van der Waals surface area contributed by atoms with Gasteiger partial charge in [0.05, 0.1) is 25.5 Å². The van der Waals surface area contributed by atoms with Crippen LogP contribution in [0.4, 0.5) is 0 Å². The molecule has 1 aliphatic rings. The highest BCUT2D eigenvalue weighted by Gasteiger charge is 2.22. The Labute approximate surface area is 152 Å². The maximum atomic E-state index is 5.50. The van der Waals surface area contributed by atoms with Crippen molar-refractivity contribution in [2.24, 2.45) is 10.9 Å². The van der Waals surface area contributed by atoms with Crippen molar-refractivity contribution in [1.29, 1.82) is 0 Å². The smallest absolute Gasteiger partial charge is 0.191 e. The summed E-state index contributed by atoms with van der Waals surface area (Å²) in [7, 11) is 0. The molecule has 140 valence electrons. The lowest BCUT2D eigenvalue weighted by molar-refractivity contribution is 0.0132. The van der Waals surface area contributed by atoms with Crippen molar-refractivity contribution in [3.63, 3.8) is 0 Å². The van der Waals surface area contributed by atoms with Gasteiger partial charge in [-0.3, -0.25) is 9.88 Å². The van der Waals surface area contributed by atoms with Crippen LogP contribution in [0.2, 0.25) is 0 Å². The molecule has 2 heterocycles. The van der Waals surface area contributed by atoms with Crippen molar-refractivity contribution < 1.29 is 4.74 Å². The zero-order valence-electron chi connectivity index (χ0n) is 15.9. The van der Waals surface area contributed by atoms with Crippen molar-refractivity contribution >= 4 is 5.96 Å². The molecule has 1 aromatic rings. The zero-order valence-corrected chi connectivity index (χ0v) is 15.9. The minimum atomic E-state index is 0.502. The van der Waals surface area contributed by atoms with Gasteiger partial charge in [-0.2, -0.15) is 0 Å². The Hall–Kier alpha value is -1.66. The molecule has 1 aromatic heterocycles. The number of hydrogen-bond acceptors (Lipinski definition) is 4. The summed E-state index contributed by atoms with van der Waals surface area (Å²) in [5, 5.41) is 6.85. The van der Waals surface area contributed by atoms with Crippen LogP contribution in [0.5, 0.6) is 0 Å². The van der Waals surface area contributed by atoms with Crippen molar-refractivity contribution in [2.45, 2.75) is 39.8 Å².